The number of ether oxygens (including phenoxy) is 1. The Morgan fingerprint density at radius 3 is 1.96 bits per heavy atom. The third-order valence-electron chi connectivity index (χ3n) is 9.47. The molecule has 8 rings (SSSR count). The molecule has 4 heterocycles. The molecule has 0 spiro atoms. The molecule has 10 nitrogen and oxygen atoms in total. The van der Waals surface area contributed by atoms with Gasteiger partial charge in [0.15, 0.2) is 0 Å². The fraction of sp³-hybridized carbons (Fsp3) is 0.326. The molecular weight excluding hydrogens is 661 g/mol. The predicted octanol–water partition coefficient (Wildman–Crippen LogP) is 8.43. The van der Waals surface area contributed by atoms with Gasteiger partial charge in [-0.1, -0.05) is 72.8 Å². The summed E-state index contributed by atoms with van der Waals surface area (Å²) in [5.41, 5.74) is 3.58. The molecule has 53 heavy (non-hydrogen) atoms. The molecule has 1 atom stereocenters. The minimum atomic E-state index is -0.461. The van der Waals surface area contributed by atoms with E-state index in [9.17, 15) is 4.79 Å². The van der Waals surface area contributed by atoms with Gasteiger partial charge in [0, 0.05) is 55.1 Å². The largest absolute Gasteiger partial charge is 0.444 e. The first-order valence-corrected chi connectivity index (χ1v) is 18.6. The Morgan fingerprint density at radius 2 is 1.34 bits per heavy atom. The second-order valence-electron chi connectivity index (χ2n) is 14.8. The molecule has 272 valence electrons. The highest BCUT2D eigenvalue weighted by Gasteiger charge is 2.33. The van der Waals surface area contributed by atoms with Gasteiger partial charge in [-0.25, -0.2) is 24.7 Å². The number of amides is 1. The first kappa shape index (κ1) is 35.8. The quantitative estimate of drug-likeness (QED) is 0.150. The smallest absolute Gasteiger partial charge is 0.410 e. The van der Waals surface area contributed by atoms with Crippen molar-refractivity contribution in [2.45, 2.75) is 51.7 Å². The first-order valence-electron chi connectivity index (χ1n) is 18.6. The highest BCUT2D eigenvalue weighted by molar-refractivity contribution is 5.87. The van der Waals surface area contributed by atoms with Crippen molar-refractivity contribution in [3.05, 3.63) is 109 Å². The van der Waals surface area contributed by atoms with E-state index < -0.39 is 5.60 Å². The van der Waals surface area contributed by atoms with Crippen molar-refractivity contribution < 1.29 is 9.53 Å². The molecule has 2 aliphatic rings. The molecule has 10 heteroatoms. The Balaban J connectivity index is 0.000000167. The van der Waals surface area contributed by atoms with Crippen LogP contribution in [0.25, 0.3) is 44.1 Å². The average molecular weight is 709 g/mol. The number of nitrogens with zero attached hydrogens (tertiary/aromatic N) is 5. The minimum Gasteiger partial charge on any atom is -0.444 e. The van der Waals surface area contributed by atoms with Gasteiger partial charge in [-0.3, -0.25) is 0 Å². The molecule has 6 aromatic rings. The molecule has 2 fully saturated rings. The monoisotopic (exact) mass is 708 g/mol. The summed E-state index contributed by atoms with van der Waals surface area (Å²) in [4.78, 5) is 31.9. The van der Waals surface area contributed by atoms with Gasteiger partial charge in [-0.15, -0.1) is 0 Å². The van der Waals surface area contributed by atoms with Gasteiger partial charge >= 0.3 is 6.09 Å². The fourth-order valence-electron chi connectivity index (χ4n) is 6.65. The number of aromatic nitrogens is 4. The zero-order valence-corrected chi connectivity index (χ0v) is 30.8. The fourth-order valence-corrected chi connectivity index (χ4v) is 6.65. The zero-order chi connectivity index (χ0) is 36.6. The standard InChI is InChI=1S/C23H26N4O2.C20H22N4/c1-23(2,3)29-22(28)27-14-16(15-27)13-25-21-24-11-10-20(26-21)19-9-8-17-6-4-5-7-18(17)12-19;1-2-5-16-14-17(8-7-15(16)4-1)19-10-13-22-20(24-19)23-18-6-3-11-21-12-9-18/h4-12,16H,13-15H2,1-3H3,(H,24,25,26);1-2,4-5,7-8,10,13-14,18,21H,3,6,9,11-12H2,(H,22,23,24). The maximum absolute atomic E-state index is 12.0. The van der Waals surface area contributed by atoms with Crippen LogP contribution in [-0.4, -0.2) is 75.3 Å². The highest BCUT2D eigenvalue weighted by Crippen LogP contribution is 2.26. The Bertz CT molecular complexity index is 2150. The van der Waals surface area contributed by atoms with Crippen LogP contribution in [0.3, 0.4) is 0 Å². The van der Waals surface area contributed by atoms with Crippen LogP contribution in [0.5, 0.6) is 0 Å². The Morgan fingerprint density at radius 1 is 0.755 bits per heavy atom. The van der Waals surface area contributed by atoms with Gasteiger partial charge in [0.25, 0.3) is 0 Å². The van der Waals surface area contributed by atoms with Crippen LogP contribution in [0.15, 0.2) is 109 Å². The number of nitrogens with one attached hydrogen (secondary N) is 3. The van der Waals surface area contributed by atoms with E-state index in [0.717, 1.165) is 60.9 Å². The van der Waals surface area contributed by atoms with E-state index >= 15 is 0 Å². The summed E-state index contributed by atoms with van der Waals surface area (Å²) in [6, 6.07) is 33.8. The average Bonchev–Trinajstić information content (AvgIpc) is 3.42. The molecule has 0 radical (unpaired) electrons. The second kappa shape index (κ2) is 16.4. The molecule has 3 N–H and O–H groups in total. The van der Waals surface area contributed by atoms with Gasteiger partial charge < -0.3 is 25.6 Å². The third-order valence-corrected chi connectivity index (χ3v) is 9.47. The molecule has 0 aliphatic carbocycles. The second-order valence-corrected chi connectivity index (χ2v) is 14.8. The van der Waals surface area contributed by atoms with Gasteiger partial charge in [0.05, 0.1) is 11.4 Å². The summed E-state index contributed by atoms with van der Waals surface area (Å²) in [5.74, 6) is 1.70. The lowest BCUT2D eigenvalue weighted by atomic mass is 10.0. The Labute approximate surface area is 311 Å². The predicted molar refractivity (Wildman–Crippen MR) is 214 cm³/mol. The summed E-state index contributed by atoms with van der Waals surface area (Å²) in [7, 11) is 0. The first-order chi connectivity index (χ1) is 25.8. The van der Waals surface area contributed by atoms with E-state index in [0.29, 0.717) is 31.0 Å². The number of carbonyl (C=O) groups excluding carboxylic acids is 1. The number of fused-ring (bicyclic) bond motifs is 2. The van der Waals surface area contributed by atoms with Gasteiger partial charge in [0.2, 0.25) is 11.9 Å². The van der Waals surface area contributed by atoms with E-state index in [-0.39, 0.29) is 6.09 Å². The third kappa shape index (κ3) is 9.64. The van der Waals surface area contributed by atoms with Crippen LogP contribution in [-0.2, 0) is 4.74 Å². The molecule has 2 aromatic heterocycles. The maximum Gasteiger partial charge on any atom is 0.410 e. The summed E-state index contributed by atoms with van der Waals surface area (Å²) in [6.07, 6.45) is 6.84. The zero-order valence-electron chi connectivity index (χ0n) is 30.8. The van der Waals surface area contributed by atoms with Gasteiger partial charge in [-0.2, -0.15) is 0 Å². The lowest BCUT2D eigenvalue weighted by Crippen LogP contribution is -2.53. The van der Waals surface area contributed by atoms with Gasteiger partial charge in [0.1, 0.15) is 5.60 Å². The SMILES string of the molecule is CC(C)(C)OC(=O)N1CC(CNc2nccc(-c3ccc4ccccc4c3)n2)C1.c1ccc2cc(-c3ccnc(NC4CCCNCC4)n3)ccc2c1. The summed E-state index contributed by atoms with van der Waals surface area (Å²) < 4.78 is 5.39. The van der Waals surface area contributed by atoms with E-state index in [4.69, 9.17) is 9.72 Å². The summed E-state index contributed by atoms with van der Waals surface area (Å²) >= 11 is 0. The van der Waals surface area contributed by atoms with Crippen LogP contribution in [0.2, 0.25) is 0 Å². The number of hydrogen-bond donors (Lipinski definition) is 3. The number of anilines is 2. The van der Waals surface area contributed by atoms with Crippen molar-refractivity contribution in [2.75, 3.05) is 43.4 Å². The van der Waals surface area contributed by atoms with Crippen molar-refractivity contribution in [3.8, 4) is 22.5 Å². The van der Waals surface area contributed by atoms with E-state index in [1.54, 1.807) is 11.1 Å². The van der Waals surface area contributed by atoms with Gasteiger partial charge in [-0.05, 0) is 98.9 Å². The van der Waals surface area contributed by atoms with Crippen LogP contribution < -0.4 is 16.0 Å². The van der Waals surface area contributed by atoms with Crippen molar-refractivity contribution in [1.82, 2.24) is 30.2 Å². The minimum absolute atomic E-state index is 0.247. The van der Waals surface area contributed by atoms with Crippen LogP contribution in [0, 0.1) is 5.92 Å². The molecule has 1 unspecified atom stereocenters. The van der Waals surface area contributed by atoms with Crippen molar-refractivity contribution in [2.24, 2.45) is 5.92 Å². The van der Waals surface area contributed by atoms with E-state index in [1.165, 1.54) is 28.0 Å². The van der Waals surface area contributed by atoms with Crippen molar-refractivity contribution in [1.29, 1.82) is 0 Å². The van der Waals surface area contributed by atoms with E-state index in [2.05, 4.69) is 104 Å². The molecular formula is C43H48N8O2. The highest BCUT2D eigenvalue weighted by atomic mass is 16.6. The summed E-state index contributed by atoms with van der Waals surface area (Å²) in [6.45, 7) is 9.90. The number of carbonyl (C=O) groups is 1. The summed E-state index contributed by atoms with van der Waals surface area (Å²) in [5, 5.41) is 15.1. The van der Waals surface area contributed by atoms with Crippen LogP contribution in [0.1, 0.15) is 40.0 Å². The number of benzene rings is 4. The Kier molecular flexibility index (Phi) is 11.1. The molecule has 4 aromatic carbocycles. The maximum atomic E-state index is 12.0. The lowest BCUT2D eigenvalue weighted by molar-refractivity contribution is 0.000828. The number of rotatable bonds is 7. The van der Waals surface area contributed by atoms with Crippen molar-refractivity contribution >= 4 is 39.5 Å². The lowest BCUT2D eigenvalue weighted by Gasteiger charge is -2.39. The molecule has 2 saturated heterocycles. The van der Waals surface area contributed by atoms with Crippen molar-refractivity contribution in [3.63, 3.8) is 0 Å². The Hall–Kier alpha value is -5.61. The number of hydrogen-bond acceptors (Lipinski definition) is 9. The normalized spacial score (nSPS) is 16.2. The van der Waals surface area contributed by atoms with Crippen LogP contribution in [0.4, 0.5) is 16.7 Å². The van der Waals surface area contributed by atoms with Crippen LogP contribution >= 0.6 is 0 Å². The number of likely N-dealkylation sites (tertiary alicyclic amines) is 1. The molecule has 2 aliphatic heterocycles. The molecule has 1 amide bonds. The molecule has 0 bridgehead atoms. The van der Waals surface area contributed by atoms with E-state index in [1.807, 2.05) is 51.2 Å². The topological polar surface area (TPSA) is 117 Å². The molecule has 0 saturated carbocycles.